The summed E-state index contributed by atoms with van der Waals surface area (Å²) >= 11 is 0. The summed E-state index contributed by atoms with van der Waals surface area (Å²) in [5, 5.41) is 56.2. The maximum absolute atomic E-state index is 12.0. The molecule has 13 nitrogen and oxygen atoms in total. The van der Waals surface area contributed by atoms with Gasteiger partial charge in [-0.3, -0.25) is 9.59 Å². The van der Waals surface area contributed by atoms with Crippen molar-refractivity contribution >= 4 is 11.8 Å². The number of ether oxygens (including phenoxy) is 4. The van der Waals surface area contributed by atoms with E-state index in [4.69, 9.17) is 18.9 Å². The SMILES string of the molecule is CC(=O)NC1C(OC2C(O)C(CO)OC(OCc3ccccc3)C2NC(C)=O)OC(CO)C(O)C1O. The number of rotatable bonds is 9. The zero-order valence-corrected chi connectivity index (χ0v) is 20.0. The Balaban J connectivity index is 1.88. The van der Waals surface area contributed by atoms with Crippen LogP contribution in [0, 0.1) is 0 Å². The first-order valence-corrected chi connectivity index (χ1v) is 11.6. The second-order valence-corrected chi connectivity index (χ2v) is 8.77. The summed E-state index contributed by atoms with van der Waals surface area (Å²) in [6.45, 7) is 1.23. The minimum atomic E-state index is -1.58. The molecule has 10 atom stereocenters. The number of hydrogen-bond acceptors (Lipinski definition) is 11. The van der Waals surface area contributed by atoms with Gasteiger partial charge in [-0.15, -0.1) is 0 Å². The first kappa shape index (κ1) is 28.4. The van der Waals surface area contributed by atoms with Gasteiger partial charge in [-0.2, -0.15) is 0 Å². The minimum Gasteiger partial charge on any atom is -0.394 e. The number of aliphatic hydroxyl groups is 5. The molecule has 0 aromatic heterocycles. The van der Waals surface area contributed by atoms with Crippen LogP contribution in [0.25, 0.3) is 0 Å². The first-order valence-electron chi connectivity index (χ1n) is 11.6. The Hall–Kier alpha value is -2.20. The van der Waals surface area contributed by atoms with Crippen LogP contribution in [0.2, 0.25) is 0 Å². The van der Waals surface area contributed by atoms with Gasteiger partial charge in [-0.05, 0) is 5.56 Å². The molecule has 2 amide bonds. The lowest BCUT2D eigenvalue weighted by molar-refractivity contribution is -0.329. The van der Waals surface area contributed by atoms with Gasteiger partial charge in [0.25, 0.3) is 0 Å². The van der Waals surface area contributed by atoms with Gasteiger partial charge in [0.2, 0.25) is 11.8 Å². The normalized spacial score (nSPS) is 36.8. The molecule has 3 rings (SSSR count). The lowest BCUT2D eigenvalue weighted by Gasteiger charge is -2.48. The number of amides is 2. The molecule has 1 aromatic rings. The molecule has 2 fully saturated rings. The van der Waals surface area contributed by atoms with Gasteiger partial charge in [-0.1, -0.05) is 30.3 Å². The third-order valence-electron chi connectivity index (χ3n) is 6.02. The molecular formula is C23H34N2O11. The van der Waals surface area contributed by atoms with E-state index in [0.717, 1.165) is 5.56 Å². The van der Waals surface area contributed by atoms with Crippen molar-refractivity contribution < 1.29 is 54.1 Å². The largest absolute Gasteiger partial charge is 0.394 e. The Labute approximate surface area is 207 Å². The van der Waals surface area contributed by atoms with Crippen molar-refractivity contribution in [3.8, 4) is 0 Å². The van der Waals surface area contributed by atoms with E-state index >= 15 is 0 Å². The van der Waals surface area contributed by atoms with Crippen molar-refractivity contribution in [1.82, 2.24) is 10.6 Å². The smallest absolute Gasteiger partial charge is 0.217 e. The van der Waals surface area contributed by atoms with Gasteiger partial charge >= 0.3 is 0 Å². The van der Waals surface area contributed by atoms with Crippen LogP contribution >= 0.6 is 0 Å². The molecule has 202 valence electrons. The number of hydrogen-bond donors (Lipinski definition) is 7. The number of benzene rings is 1. The number of aliphatic hydroxyl groups excluding tert-OH is 5. The molecule has 2 aliphatic rings. The van der Waals surface area contributed by atoms with Crippen LogP contribution in [0.1, 0.15) is 19.4 Å². The van der Waals surface area contributed by atoms with E-state index in [-0.39, 0.29) is 6.61 Å². The highest BCUT2D eigenvalue weighted by atomic mass is 16.7. The molecular weight excluding hydrogens is 480 g/mol. The average Bonchev–Trinajstić information content (AvgIpc) is 2.85. The Morgan fingerprint density at radius 2 is 1.39 bits per heavy atom. The highest BCUT2D eigenvalue weighted by molar-refractivity contribution is 5.73. The van der Waals surface area contributed by atoms with E-state index in [1.165, 1.54) is 13.8 Å². The lowest BCUT2D eigenvalue weighted by atomic mass is 9.94. The maximum atomic E-state index is 12.0. The van der Waals surface area contributed by atoms with Crippen LogP contribution in [-0.2, 0) is 35.1 Å². The van der Waals surface area contributed by atoms with Crippen molar-refractivity contribution in [3.63, 3.8) is 0 Å². The summed E-state index contributed by atoms with van der Waals surface area (Å²) in [7, 11) is 0. The fraction of sp³-hybridized carbons (Fsp3) is 0.652. The van der Waals surface area contributed by atoms with E-state index in [9.17, 15) is 35.1 Å². The predicted molar refractivity (Wildman–Crippen MR) is 121 cm³/mol. The molecule has 10 unspecified atom stereocenters. The topological polar surface area (TPSA) is 196 Å². The van der Waals surface area contributed by atoms with Crippen molar-refractivity contribution in [2.45, 2.75) is 81.7 Å². The Morgan fingerprint density at radius 1 is 0.833 bits per heavy atom. The summed E-state index contributed by atoms with van der Waals surface area (Å²) in [6, 6.07) is 6.71. The van der Waals surface area contributed by atoms with Crippen LogP contribution in [0.5, 0.6) is 0 Å². The third-order valence-corrected chi connectivity index (χ3v) is 6.02. The minimum absolute atomic E-state index is 0.0779. The summed E-state index contributed by atoms with van der Waals surface area (Å²) < 4.78 is 23.2. The number of carbonyl (C=O) groups is 2. The van der Waals surface area contributed by atoms with Gasteiger partial charge in [0.1, 0.15) is 48.7 Å². The Morgan fingerprint density at radius 3 is 1.97 bits per heavy atom. The number of carbonyl (C=O) groups excluding carboxylic acids is 2. The second-order valence-electron chi connectivity index (χ2n) is 8.77. The fourth-order valence-electron chi connectivity index (χ4n) is 4.25. The molecule has 1 aromatic carbocycles. The zero-order chi connectivity index (χ0) is 26.4. The highest BCUT2D eigenvalue weighted by Crippen LogP contribution is 2.30. The Bertz CT molecular complexity index is 860. The van der Waals surface area contributed by atoms with E-state index in [0.29, 0.717) is 0 Å². The summed E-state index contributed by atoms with van der Waals surface area (Å²) in [6.07, 6.45) is -11.0. The van der Waals surface area contributed by atoms with Crippen LogP contribution in [0.4, 0.5) is 0 Å². The molecule has 0 bridgehead atoms. The molecule has 13 heteroatoms. The molecule has 0 radical (unpaired) electrons. The van der Waals surface area contributed by atoms with Crippen LogP contribution < -0.4 is 10.6 Å². The van der Waals surface area contributed by atoms with E-state index in [2.05, 4.69) is 10.6 Å². The van der Waals surface area contributed by atoms with Gasteiger partial charge in [0.15, 0.2) is 12.6 Å². The monoisotopic (exact) mass is 514 g/mol. The van der Waals surface area contributed by atoms with Crippen molar-refractivity contribution in [2.24, 2.45) is 0 Å². The van der Waals surface area contributed by atoms with Crippen LogP contribution in [-0.4, -0.2) is 112 Å². The summed E-state index contributed by atoms with van der Waals surface area (Å²) in [5.41, 5.74) is 0.802. The fourth-order valence-corrected chi connectivity index (χ4v) is 4.25. The molecule has 0 spiro atoms. The van der Waals surface area contributed by atoms with E-state index in [1.54, 1.807) is 0 Å². The Kier molecular flexibility index (Phi) is 10.1. The standard InChI is InChI=1S/C23H34N2O11/c1-11(28)24-16-20(32)18(30)14(8-26)35-23(16)36-21-17(25-12(2)29)22(34-15(9-27)19(21)31)33-10-13-6-4-3-5-7-13/h3-7,14-23,26-27,30-32H,8-10H2,1-2H3,(H,24,28)(H,25,29). The molecule has 36 heavy (non-hydrogen) atoms. The summed E-state index contributed by atoms with van der Waals surface area (Å²) in [5.74, 6) is -1.05. The average molecular weight is 515 g/mol. The third kappa shape index (κ3) is 6.76. The van der Waals surface area contributed by atoms with E-state index in [1.807, 2.05) is 30.3 Å². The highest BCUT2D eigenvalue weighted by Gasteiger charge is 2.52. The predicted octanol–water partition coefficient (Wildman–Crippen LogP) is -2.89. The van der Waals surface area contributed by atoms with E-state index < -0.39 is 86.3 Å². The second kappa shape index (κ2) is 12.9. The van der Waals surface area contributed by atoms with Crippen molar-refractivity contribution in [3.05, 3.63) is 35.9 Å². The van der Waals surface area contributed by atoms with Crippen molar-refractivity contribution in [2.75, 3.05) is 13.2 Å². The van der Waals surface area contributed by atoms with Gasteiger partial charge in [0, 0.05) is 13.8 Å². The molecule has 0 saturated carbocycles. The van der Waals surface area contributed by atoms with Gasteiger partial charge in [-0.25, -0.2) is 0 Å². The van der Waals surface area contributed by atoms with Gasteiger partial charge in [0.05, 0.1) is 19.8 Å². The quantitative estimate of drug-likeness (QED) is 0.179. The summed E-state index contributed by atoms with van der Waals surface area (Å²) in [4.78, 5) is 23.8. The zero-order valence-electron chi connectivity index (χ0n) is 20.0. The van der Waals surface area contributed by atoms with Crippen LogP contribution in [0.15, 0.2) is 30.3 Å². The molecule has 0 aliphatic carbocycles. The van der Waals surface area contributed by atoms with Crippen molar-refractivity contribution in [1.29, 1.82) is 0 Å². The molecule has 2 heterocycles. The first-order chi connectivity index (χ1) is 17.2. The van der Waals surface area contributed by atoms with Crippen LogP contribution in [0.3, 0.4) is 0 Å². The maximum Gasteiger partial charge on any atom is 0.217 e. The molecule has 2 saturated heterocycles. The lowest BCUT2D eigenvalue weighted by Crippen LogP contribution is -2.69. The van der Waals surface area contributed by atoms with Gasteiger partial charge < -0.3 is 55.1 Å². The molecule has 7 N–H and O–H groups in total. The number of nitrogens with one attached hydrogen (secondary N) is 2. The molecule has 2 aliphatic heterocycles.